The number of hydrogen-bond donors (Lipinski definition) is 1. The predicted molar refractivity (Wildman–Crippen MR) is 67.4 cm³/mol. The third kappa shape index (κ3) is 2.82. The molecule has 0 unspecified atom stereocenters. The van der Waals surface area contributed by atoms with Crippen LogP contribution in [0.4, 0.5) is 0 Å². The molecule has 0 fully saturated rings. The molecule has 5 heteroatoms. The number of nitrogens with zero attached hydrogens (tertiary/aromatic N) is 2. The van der Waals surface area contributed by atoms with Crippen molar-refractivity contribution in [3.8, 4) is 0 Å². The maximum absolute atomic E-state index is 11.7. The van der Waals surface area contributed by atoms with Crippen molar-refractivity contribution in [3.63, 3.8) is 0 Å². The lowest BCUT2D eigenvalue weighted by Crippen LogP contribution is -2.19. The first kappa shape index (κ1) is 12.0. The topological polar surface area (TPSA) is 67.5 Å². The summed E-state index contributed by atoms with van der Waals surface area (Å²) in [6, 6.07) is 7.02. The molecule has 0 bridgehead atoms. The summed E-state index contributed by atoms with van der Waals surface area (Å²) in [6.07, 6.45) is 3.07. The van der Waals surface area contributed by atoms with Gasteiger partial charge in [0.2, 0.25) is 0 Å². The Morgan fingerprint density at radius 2 is 2.22 bits per heavy atom. The van der Waals surface area contributed by atoms with Gasteiger partial charge in [0.05, 0.1) is 11.8 Å². The lowest BCUT2D eigenvalue weighted by Gasteiger charge is -2.01. The molecule has 0 aromatic carbocycles. The highest BCUT2D eigenvalue weighted by Crippen LogP contribution is 2.02. The van der Waals surface area contributed by atoms with Gasteiger partial charge in [-0.05, 0) is 38.1 Å². The molecule has 0 atom stereocenters. The van der Waals surface area contributed by atoms with Crippen molar-refractivity contribution in [1.82, 2.24) is 10.4 Å². The van der Waals surface area contributed by atoms with Gasteiger partial charge in [-0.1, -0.05) is 0 Å². The maximum Gasteiger partial charge on any atom is 0.272 e. The zero-order valence-electron chi connectivity index (χ0n) is 10.2. The molecule has 0 aliphatic heterocycles. The van der Waals surface area contributed by atoms with E-state index in [-0.39, 0.29) is 5.91 Å². The minimum atomic E-state index is -0.298. The number of carbonyl (C=O) groups excluding carboxylic acids is 1. The zero-order valence-corrected chi connectivity index (χ0v) is 10.2. The third-order valence-corrected chi connectivity index (χ3v) is 2.38. The first-order valence-corrected chi connectivity index (χ1v) is 5.48. The highest BCUT2D eigenvalue weighted by atomic mass is 16.3. The molecule has 1 amide bonds. The summed E-state index contributed by atoms with van der Waals surface area (Å²) in [4.78, 5) is 15.8. The van der Waals surface area contributed by atoms with Gasteiger partial charge in [-0.15, -0.1) is 0 Å². The predicted octanol–water partition coefficient (Wildman–Crippen LogP) is 2.14. The summed E-state index contributed by atoms with van der Waals surface area (Å²) in [5.74, 6) is 0.325. The van der Waals surface area contributed by atoms with Gasteiger partial charge in [0.15, 0.2) is 0 Å². The molecule has 2 aromatic heterocycles. The largest absolute Gasteiger partial charge is 0.463 e. The number of aryl methyl sites for hydroxylation is 1. The Morgan fingerprint density at radius 1 is 1.39 bits per heavy atom. The fraction of sp³-hybridized carbons (Fsp3) is 0.154. The Labute approximate surface area is 105 Å². The summed E-state index contributed by atoms with van der Waals surface area (Å²) in [5, 5.41) is 3.96. The monoisotopic (exact) mass is 243 g/mol. The van der Waals surface area contributed by atoms with Crippen LogP contribution in [0.15, 0.2) is 46.2 Å². The molecule has 0 spiro atoms. The van der Waals surface area contributed by atoms with E-state index in [1.165, 1.54) is 6.20 Å². The highest BCUT2D eigenvalue weighted by Gasteiger charge is 2.05. The Balaban J connectivity index is 2.04. The van der Waals surface area contributed by atoms with E-state index in [0.29, 0.717) is 17.0 Å². The van der Waals surface area contributed by atoms with Gasteiger partial charge in [0.25, 0.3) is 5.91 Å². The summed E-state index contributed by atoms with van der Waals surface area (Å²) >= 11 is 0. The van der Waals surface area contributed by atoms with Crippen molar-refractivity contribution in [3.05, 3.63) is 53.7 Å². The number of amides is 1. The van der Waals surface area contributed by atoms with Crippen LogP contribution in [0.2, 0.25) is 0 Å². The van der Waals surface area contributed by atoms with E-state index in [0.717, 1.165) is 5.69 Å². The molecule has 0 aliphatic carbocycles. The van der Waals surface area contributed by atoms with E-state index in [1.54, 1.807) is 37.5 Å². The van der Waals surface area contributed by atoms with Crippen LogP contribution >= 0.6 is 0 Å². The van der Waals surface area contributed by atoms with Crippen molar-refractivity contribution in [2.24, 2.45) is 5.10 Å². The molecule has 1 N–H and O–H groups in total. The second kappa shape index (κ2) is 5.27. The van der Waals surface area contributed by atoms with Gasteiger partial charge < -0.3 is 4.42 Å². The summed E-state index contributed by atoms with van der Waals surface area (Å²) < 4.78 is 5.15. The van der Waals surface area contributed by atoms with Crippen LogP contribution in [0.3, 0.4) is 0 Å². The molecular weight excluding hydrogens is 230 g/mol. The van der Waals surface area contributed by atoms with Gasteiger partial charge >= 0.3 is 0 Å². The van der Waals surface area contributed by atoms with Crippen LogP contribution in [0.5, 0.6) is 0 Å². The average molecular weight is 243 g/mol. The molecule has 0 radical (unpaired) electrons. The second-order valence-electron chi connectivity index (χ2n) is 3.80. The third-order valence-electron chi connectivity index (χ3n) is 2.38. The second-order valence-corrected chi connectivity index (χ2v) is 3.80. The lowest BCUT2D eigenvalue weighted by molar-refractivity contribution is 0.0954. The van der Waals surface area contributed by atoms with E-state index >= 15 is 0 Å². The molecule has 18 heavy (non-hydrogen) atoms. The van der Waals surface area contributed by atoms with Crippen LogP contribution in [0.25, 0.3) is 0 Å². The van der Waals surface area contributed by atoms with E-state index in [4.69, 9.17) is 4.42 Å². The molecule has 92 valence electrons. The van der Waals surface area contributed by atoms with Gasteiger partial charge in [0, 0.05) is 11.9 Å². The average Bonchev–Trinajstić information content (AvgIpc) is 2.90. The van der Waals surface area contributed by atoms with Crippen LogP contribution in [-0.4, -0.2) is 16.6 Å². The Kier molecular flexibility index (Phi) is 3.52. The molecular formula is C13H13N3O2. The van der Waals surface area contributed by atoms with E-state index < -0.39 is 0 Å². The Hall–Kier alpha value is -2.43. The highest BCUT2D eigenvalue weighted by molar-refractivity contribution is 5.99. The quantitative estimate of drug-likeness (QED) is 0.663. The molecule has 0 aliphatic rings. The SMILES string of the molecule is CC(=NNC(=O)c1ccc(C)nc1)c1ccco1. The molecule has 2 heterocycles. The number of carbonyl (C=O) groups is 1. The molecule has 0 saturated carbocycles. The number of hydrazone groups is 1. The summed E-state index contributed by atoms with van der Waals surface area (Å²) in [5.41, 5.74) is 4.39. The number of hydrogen-bond acceptors (Lipinski definition) is 4. The molecule has 2 rings (SSSR count). The number of nitrogens with one attached hydrogen (secondary N) is 1. The summed E-state index contributed by atoms with van der Waals surface area (Å²) in [6.45, 7) is 3.62. The first-order valence-electron chi connectivity index (χ1n) is 5.48. The molecule has 2 aromatic rings. The van der Waals surface area contributed by atoms with Crippen molar-refractivity contribution < 1.29 is 9.21 Å². The van der Waals surface area contributed by atoms with Gasteiger partial charge in [-0.2, -0.15) is 5.10 Å². The minimum Gasteiger partial charge on any atom is -0.463 e. The van der Waals surface area contributed by atoms with Gasteiger partial charge in [0.1, 0.15) is 11.5 Å². The standard InChI is InChI=1S/C13H13N3O2/c1-9-5-6-11(8-14-9)13(17)16-15-10(2)12-4-3-7-18-12/h3-8H,1-2H3,(H,16,17). The molecule has 5 nitrogen and oxygen atoms in total. The van der Waals surface area contributed by atoms with Crippen LogP contribution in [0, 0.1) is 6.92 Å². The fourth-order valence-electron chi connectivity index (χ4n) is 1.34. The van der Waals surface area contributed by atoms with Crippen molar-refractivity contribution in [1.29, 1.82) is 0 Å². The number of pyridine rings is 1. The van der Waals surface area contributed by atoms with E-state index in [1.807, 2.05) is 6.92 Å². The van der Waals surface area contributed by atoms with Crippen LogP contribution in [-0.2, 0) is 0 Å². The van der Waals surface area contributed by atoms with E-state index in [9.17, 15) is 4.79 Å². The van der Waals surface area contributed by atoms with Crippen molar-refractivity contribution >= 4 is 11.6 Å². The van der Waals surface area contributed by atoms with Gasteiger partial charge in [-0.25, -0.2) is 5.43 Å². The lowest BCUT2D eigenvalue weighted by atomic mass is 10.2. The van der Waals surface area contributed by atoms with Crippen molar-refractivity contribution in [2.75, 3.05) is 0 Å². The fourth-order valence-corrected chi connectivity index (χ4v) is 1.34. The van der Waals surface area contributed by atoms with Crippen LogP contribution in [0.1, 0.15) is 28.7 Å². The van der Waals surface area contributed by atoms with E-state index in [2.05, 4.69) is 15.5 Å². The number of rotatable bonds is 3. The van der Waals surface area contributed by atoms with Crippen LogP contribution < -0.4 is 5.43 Å². The Bertz CT molecular complexity index is 556. The Morgan fingerprint density at radius 3 is 2.83 bits per heavy atom. The van der Waals surface area contributed by atoms with Crippen molar-refractivity contribution in [2.45, 2.75) is 13.8 Å². The number of aromatic nitrogens is 1. The minimum absolute atomic E-state index is 0.298. The molecule has 0 saturated heterocycles. The van der Waals surface area contributed by atoms with Gasteiger partial charge in [-0.3, -0.25) is 9.78 Å². The normalized spacial score (nSPS) is 11.3. The smallest absolute Gasteiger partial charge is 0.272 e. The zero-order chi connectivity index (χ0) is 13.0. The number of furan rings is 1. The summed E-state index contributed by atoms with van der Waals surface area (Å²) in [7, 11) is 0. The first-order chi connectivity index (χ1) is 8.66. The maximum atomic E-state index is 11.7.